The first-order chi connectivity index (χ1) is 10.4. The molecule has 0 bridgehead atoms. The molecule has 0 heterocycles. The number of rotatable bonds is 8. The average Bonchev–Trinajstić information content (AvgIpc) is 3.28. The molecule has 1 aliphatic carbocycles. The summed E-state index contributed by atoms with van der Waals surface area (Å²) in [5, 5.41) is 1.65. The zero-order valence-electron chi connectivity index (χ0n) is 12.4. The third kappa shape index (κ3) is 4.98. The minimum absolute atomic E-state index is 0.118. The molecule has 22 heavy (non-hydrogen) atoms. The van der Waals surface area contributed by atoms with E-state index in [0.717, 1.165) is 12.8 Å². The minimum atomic E-state index is -3.49. The van der Waals surface area contributed by atoms with Gasteiger partial charge in [0.2, 0.25) is 5.91 Å². The second-order valence-electron chi connectivity index (χ2n) is 5.45. The van der Waals surface area contributed by atoms with Crippen LogP contribution in [0.1, 0.15) is 26.2 Å². The lowest BCUT2D eigenvalue weighted by atomic mass is 10.3. The summed E-state index contributed by atoms with van der Waals surface area (Å²) in [4.78, 5) is 11.8. The Balaban J connectivity index is 1.74. The first-order valence-corrected chi connectivity index (χ1v) is 9.00. The number of carbonyl (C=O) groups excluding carboxylic acids is 1. The summed E-state index contributed by atoms with van der Waals surface area (Å²) in [5.74, 6) is -0.418. The van der Waals surface area contributed by atoms with Gasteiger partial charge in [0.05, 0.1) is 12.4 Å². The molecular formula is C15H20FNO4S. The van der Waals surface area contributed by atoms with Crippen LogP contribution in [0.4, 0.5) is 4.39 Å². The molecule has 0 spiro atoms. The van der Waals surface area contributed by atoms with Gasteiger partial charge in [-0.15, -0.1) is 0 Å². The van der Waals surface area contributed by atoms with Gasteiger partial charge in [-0.1, -0.05) is 0 Å². The Morgan fingerprint density at radius 3 is 2.59 bits per heavy atom. The minimum Gasteiger partial charge on any atom is -0.494 e. The van der Waals surface area contributed by atoms with Crippen LogP contribution in [-0.2, 0) is 14.6 Å². The Morgan fingerprint density at radius 1 is 1.36 bits per heavy atom. The van der Waals surface area contributed by atoms with Gasteiger partial charge in [0.15, 0.2) is 9.84 Å². The number of sulfone groups is 1. The Labute approximate surface area is 129 Å². The van der Waals surface area contributed by atoms with E-state index >= 15 is 0 Å². The average molecular weight is 329 g/mol. The van der Waals surface area contributed by atoms with Crippen molar-refractivity contribution in [3.63, 3.8) is 0 Å². The van der Waals surface area contributed by atoms with E-state index in [0.29, 0.717) is 5.75 Å². The van der Waals surface area contributed by atoms with E-state index < -0.39 is 21.0 Å². The van der Waals surface area contributed by atoms with Gasteiger partial charge in [-0.2, -0.15) is 0 Å². The van der Waals surface area contributed by atoms with Crippen molar-refractivity contribution in [2.75, 3.05) is 12.4 Å². The SMILES string of the molecule is CC(C(=O)NC1CC1)S(=O)(=O)CCCOc1ccc(F)cc1. The van der Waals surface area contributed by atoms with Gasteiger partial charge >= 0.3 is 0 Å². The molecule has 0 radical (unpaired) electrons. The van der Waals surface area contributed by atoms with E-state index in [2.05, 4.69) is 5.32 Å². The van der Waals surface area contributed by atoms with Crippen molar-refractivity contribution < 1.29 is 22.3 Å². The molecule has 1 aromatic carbocycles. The summed E-state index contributed by atoms with van der Waals surface area (Å²) < 4.78 is 42.2. The van der Waals surface area contributed by atoms with E-state index in [1.165, 1.54) is 31.2 Å². The van der Waals surface area contributed by atoms with E-state index in [1.54, 1.807) is 0 Å². The fraction of sp³-hybridized carbons (Fsp3) is 0.533. The zero-order chi connectivity index (χ0) is 16.2. The van der Waals surface area contributed by atoms with Crippen LogP contribution in [-0.4, -0.2) is 38.0 Å². The number of hydrogen-bond acceptors (Lipinski definition) is 4. The molecule has 122 valence electrons. The van der Waals surface area contributed by atoms with E-state index in [9.17, 15) is 17.6 Å². The summed E-state index contributed by atoms with van der Waals surface area (Å²) >= 11 is 0. The van der Waals surface area contributed by atoms with Crippen molar-refractivity contribution in [2.24, 2.45) is 0 Å². The van der Waals surface area contributed by atoms with Crippen LogP contribution in [0, 0.1) is 5.82 Å². The highest BCUT2D eigenvalue weighted by Crippen LogP contribution is 2.19. The third-order valence-corrected chi connectivity index (χ3v) is 5.64. The highest BCUT2D eigenvalue weighted by Gasteiger charge is 2.31. The normalized spacial score (nSPS) is 16.1. The van der Waals surface area contributed by atoms with Crippen molar-refractivity contribution in [1.82, 2.24) is 5.32 Å². The smallest absolute Gasteiger partial charge is 0.238 e. The molecular weight excluding hydrogens is 309 g/mol. The van der Waals surface area contributed by atoms with Gasteiger partial charge in [-0.25, -0.2) is 12.8 Å². The second kappa shape index (κ2) is 7.09. The molecule has 2 rings (SSSR count). The molecule has 1 atom stereocenters. The Hall–Kier alpha value is -1.63. The van der Waals surface area contributed by atoms with Crippen molar-refractivity contribution in [1.29, 1.82) is 0 Å². The molecule has 1 N–H and O–H groups in total. The largest absolute Gasteiger partial charge is 0.494 e. The lowest BCUT2D eigenvalue weighted by Gasteiger charge is -2.13. The Morgan fingerprint density at radius 2 is 2.00 bits per heavy atom. The van der Waals surface area contributed by atoms with Crippen LogP contribution >= 0.6 is 0 Å². The van der Waals surface area contributed by atoms with Crippen LogP contribution < -0.4 is 10.1 Å². The number of carbonyl (C=O) groups is 1. The van der Waals surface area contributed by atoms with Crippen molar-refractivity contribution >= 4 is 15.7 Å². The number of benzene rings is 1. The highest BCUT2D eigenvalue weighted by atomic mass is 32.2. The number of amides is 1. The zero-order valence-corrected chi connectivity index (χ0v) is 13.2. The van der Waals surface area contributed by atoms with Crippen LogP contribution in [0.25, 0.3) is 0 Å². The van der Waals surface area contributed by atoms with Gasteiger partial charge in [0.25, 0.3) is 0 Å². The molecule has 1 aromatic rings. The van der Waals surface area contributed by atoms with Gasteiger partial charge < -0.3 is 10.1 Å². The van der Waals surface area contributed by atoms with Gasteiger partial charge in [0.1, 0.15) is 16.8 Å². The maximum absolute atomic E-state index is 12.7. The number of hydrogen-bond donors (Lipinski definition) is 1. The maximum atomic E-state index is 12.7. The monoisotopic (exact) mass is 329 g/mol. The molecule has 0 aromatic heterocycles. The molecule has 1 aliphatic rings. The molecule has 1 fully saturated rings. The quantitative estimate of drug-likeness (QED) is 0.737. The number of halogens is 1. The van der Waals surface area contributed by atoms with Crippen LogP contribution in [0.3, 0.4) is 0 Å². The molecule has 0 aliphatic heterocycles. The lowest BCUT2D eigenvalue weighted by molar-refractivity contribution is -0.120. The standard InChI is InChI=1S/C15H20FNO4S/c1-11(15(18)17-13-5-6-13)22(19,20)10-2-9-21-14-7-3-12(16)4-8-14/h3-4,7-8,11,13H,2,5-6,9-10H2,1H3,(H,17,18). The van der Waals surface area contributed by atoms with Crippen LogP contribution in [0.5, 0.6) is 5.75 Å². The van der Waals surface area contributed by atoms with E-state index in [-0.39, 0.29) is 30.6 Å². The predicted molar refractivity (Wildman–Crippen MR) is 80.9 cm³/mol. The topological polar surface area (TPSA) is 72.5 Å². The van der Waals surface area contributed by atoms with E-state index in [1.807, 2.05) is 0 Å². The third-order valence-electron chi connectivity index (χ3n) is 3.49. The van der Waals surface area contributed by atoms with Crippen molar-refractivity contribution in [3.8, 4) is 5.75 Å². The first kappa shape index (κ1) is 16.7. The summed E-state index contributed by atoms with van der Waals surface area (Å²) in [6, 6.07) is 5.66. The Kier molecular flexibility index (Phi) is 5.39. The first-order valence-electron chi connectivity index (χ1n) is 7.29. The fourth-order valence-electron chi connectivity index (χ4n) is 1.87. The molecule has 1 saturated carbocycles. The van der Waals surface area contributed by atoms with Gasteiger partial charge in [-0.05, 0) is 50.5 Å². The Bertz CT molecular complexity index is 611. The summed E-state index contributed by atoms with van der Waals surface area (Å²) in [6.07, 6.45) is 2.12. The summed E-state index contributed by atoms with van der Waals surface area (Å²) in [7, 11) is -3.49. The summed E-state index contributed by atoms with van der Waals surface area (Å²) in [6.45, 7) is 1.61. The highest BCUT2D eigenvalue weighted by molar-refractivity contribution is 7.92. The van der Waals surface area contributed by atoms with Gasteiger partial charge in [0, 0.05) is 6.04 Å². The molecule has 5 nitrogen and oxygen atoms in total. The lowest BCUT2D eigenvalue weighted by Crippen LogP contribution is -2.40. The maximum Gasteiger partial charge on any atom is 0.238 e. The summed E-state index contributed by atoms with van der Waals surface area (Å²) in [5.41, 5.74) is 0. The van der Waals surface area contributed by atoms with Crippen molar-refractivity contribution in [2.45, 2.75) is 37.5 Å². The van der Waals surface area contributed by atoms with Crippen LogP contribution in [0.15, 0.2) is 24.3 Å². The number of ether oxygens (including phenoxy) is 1. The number of nitrogens with one attached hydrogen (secondary N) is 1. The molecule has 1 unspecified atom stereocenters. The predicted octanol–water partition coefficient (Wildman–Crippen LogP) is 1.68. The van der Waals surface area contributed by atoms with E-state index in [4.69, 9.17) is 4.74 Å². The fourth-order valence-corrected chi connectivity index (χ4v) is 3.14. The van der Waals surface area contributed by atoms with Crippen molar-refractivity contribution in [3.05, 3.63) is 30.1 Å². The second-order valence-corrected chi connectivity index (χ2v) is 7.89. The van der Waals surface area contributed by atoms with Crippen LogP contribution in [0.2, 0.25) is 0 Å². The molecule has 1 amide bonds. The molecule has 0 saturated heterocycles. The van der Waals surface area contributed by atoms with Gasteiger partial charge in [-0.3, -0.25) is 4.79 Å². The molecule has 7 heteroatoms.